The molecule has 1 aliphatic heterocycles. The molecule has 4 rings (SSSR count). The van der Waals surface area contributed by atoms with Gasteiger partial charge in [0.2, 0.25) is 0 Å². The number of amides is 1. The number of hydrogen-bond donors (Lipinski definition) is 3. The maximum absolute atomic E-state index is 12.8. The number of nitro groups is 1. The first-order valence-corrected chi connectivity index (χ1v) is 15.3. The second-order valence-electron chi connectivity index (χ2n) is 9.65. The zero-order valence-electron chi connectivity index (χ0n) is 25.0. The molecular weight excluding hydrogens is 729 g/mol. The lowest BCUT2D eigenvalue weighted by atomic mass is 9.95. The highest BCUT2D eigenvalue weighted by molar-refractivity contribution is 14.1. The predicted octanol–water partition coefficient (Wildman–Crippen LogP) is 4.67. The molecule has 0 bridgehead atoms. The van der Waals surface area contributed by atoms with Crippen molar-refractivity contribution < 1.29 is 33.5 Å². The van der Waals surface area contributed by atoms with Crippen molar-refractivity contribution in [3.05, 3.63) is 102 Å². The topological polar surface area (TPSA) is 163 Å². The monoisotopic (exact) mass is 759 g/mol. The van der Waals surface area contributed by atoms with E-state index in [9.17, 15) is 19.7 Å². The number of nitro benzene ring substituents is 1. The van der Waals surface area contributed by atoms with Crippen LogP contribution in [-0.2, 0) is 20.9 Å². The van der Waals surface area contributed by atoms with Gasteiger partial charge in [-0.05, 0) is 84.6 Å². The Bertz CT molecular complexity index is 1700. The highest BCUT2D eigenvalue weighted by Gasteiger charge is 2.32. The van der Waals surface area contributed by atoms with Crippen LogP contribution in [0.2, 0.25) is 0 Å². The number of non-ortho nitro benzene ring substituents is 1. The summed E-state index contributed by atoms with van der Waals surface area (Å²) in [6, 6.07) is 15.9. The molecule has 0 aromatic heterocycles. The number of nitrogens with zero attached hydrogens (tertiary/aromatic N) is 2. The van der Waals surface area contributed by atoms with E-state index in [1.807, 2.05) is 0 Å². The van der Waals surface area contributed by atoms with E-state index >= 15 is 0 Å². The Morgan fingerprint density at radius 3 is 2.57 bits per heavy atom. The molecule has 0 radical (unpaired) electrons. The van der Waals surface area contributed by atoms with Crippen LogP contribution in [0.5, 0.6) is 17.2 Å². The van der Waals surface area contributed by atoms with Crippen LogP contribution < -0.4 is 30.3 Å². The van der Waals surface area contributed by atoms with Gasteiger partial charge in [-0.3, -0.25) is 14.9 Å². The van der Waals surface area contributed by atoms with Crippen molar-refractivity contribution in [2.75, 3.05) is 20.3 Å². The van der Waals surface area contributed by atoms with Crippen molar-refractivity contribution in [1.82, 2.24) is 16.1 Å². The van der Waals surface area contributed by atoms with Crippen LogP contribution in [0.1, 0.15) is 36.6 Å². The van der Waals surface area contributed by atoms with E-state index in [0.717, 1.165) is 3.57 Å². The van der Waals surface area contributed by atoms with Crippen molar-refractivity contribution in [1.29, 1.82) is 0 Å². The lowest BCUT2D eigenvalue weighted by molar-refractivity contribution is -0.384. The molecule has 13 nitrogen and oxygen atoms in total. The second kappa shape index (κ2) is 16.0. The first kappa shape index (κ1) is 34.1. The van der Waals surface area contributed by atoms with E-state index in [0.29, 0.717) is 50.3 Å². The molecule has 3 N–H and O–H groups in total. The Kier molecular flexibility index (Phi) is 11.9. The van der Waals surface area contributed by atoms with Crippen molar-refractivity contribution >= 4 is 63.7 Å². The van der Waals surface area contributed by atoms with Gasteiger partial charge in [-0.2, -0.15) is 5.10 Å². The van der Waals surface area contributed by atoms with E-state index in [-0.39, 0.29) is 25.5 Å². The third kappa shape index (κ3) is 8.69. The van der Waals surface area contributed by atoms with E-state index in [2.05, 4.69) is 43.8 Å². The summed E-state index contributed by atoms with van der Waals surface area (Å²) in [5, 5.41) is 21.4. The first-order valence-electron chi connectivity index (χ1n) is 13.8. The molecule has 3 aromatic carbocycles. The zero-order valence-corrected chi connectivity index (χ0v) is 28.0. The Balaban J connectivity index is 1.45. The minimum atomic E-state index is -0.662. The molecule has 1 heterocycles. The van der Waals surface area contributed by atoms with Crippen LogP contribution in [0.25, 0.3) is 0 Å². The maximum Gasteiger partial charge on any atom is 0.338 e. The van der Waals surface area contributed by atoms with Crippen LogP contribution in [0.15, 0.2) is 77.0 Å². The largest absolute Gasteiger partial charge is 0.493 e. The number of hydrazone groups is 1. The Hall–Kier alpha value is -4.77. The molecule has 1 amide bonds. The third-order valence-corrected chi connectivity index (χ3v) is 7.39. The molecule has 0 unspecified atom stereocenters. The highest BCUT2D eigenvalue weighted by atomic mass is 127. The molecule has 46 heavy (non-hydrogen) atoms. The van der Waals surface area contributed by atoms with Gasteiger partial charge in [-0.25, -0.2) is 10.2 Å². The number of halogens is 1. The summed E-state index contributed by atoms with van der Waals surface area (Å²) < 4.78 is 23.4. The number of carbonyl (C=O) groups is 2. The Labute approximate surface area is 283 Å². The van der Waals surface area contributed by atoms with Gasteiger partial charge < -0.3 is 29.6 Å². The van der Waals surface area contributed by atoms with Crippen molar-refractivity contribution in [2.24, 2.45) is 5.10 Å². The lowest BCUT2D eigenvalue weighted by Crippen LogP contribution is -2.45. The SMILES string of the molecule is CCOC(=O)C1=C(C)NC(=S)N[C@@H]1c1ccccc1OCC(=O)NN=Cc1cc(I)cc(OC)c1OCc1ccc([N+](=O)[O-])cc1. The molecule has 15 heteroatoms. The fourth-order valence-corrected chi connectivity index (χ4v) is 5.36. The van der Waals surface area contributed by atoms with E-state index in [4.69, 9.17) is 31.2 Å². The van der Waals surface area contributed by atoms with Gasteiger partial charge in [-0.1, -0.05) is 18.2 Å². The molecule has 240 valence electrons. The molecule has 0 fully saturated rings. The molecule has 1 aliphatic rings. The standard InChI is InChI=1S/C31H30IN5O8S/c1-4-43-30(39)27-18(2)34-31(46)35-28(27)23-7-5-6-8-24(23)44-17-26(38)36-33-15-20-13-21(32)14-25(42-3)29(20)45-16-19-9-11-22(12-10-19)37(40)41/h5-15,28H,4,16-17H2,1-3H3,(H,36,38)(H2,34,35,46)/t28-/m1/s1. The van der Waals surface area contributed by atoms with Gasteiger partial charge in [0.15, 0.2) is 23.2 Å². The number of thiocarbonyl (C=S) groups is 1. The molecule has 0 saturated carbocycles. The zero-order chi connectivity index (χ0) is 33.2. The van der Waals surface area contributed by atoms with Gasteiger partial charge in [0.05, 0.1) is 36.5 Å². The molecule has 0 saturated heterocycles. The quantitative estimate of drug-likeness (QED) is 0.0555. The summed E-state index contributed by atoms with van der Waals surface area (Å²) in [6.45, 7) is 3.39. The first-order chi connectivity index (χ1) is 22.1. The predicted molar refractivity (Wildman–Crippen MR) is 182 cm³/mol. The fourth-order valence-electron chi connectivity index (χ4n) is 4.47. The Morgan fingerprint density at radius 1 is 1.13 bits per heavy atom. The third-order valence-electron chi connectivity index (χ3n) is 6.54. The van der Waals surface area contributed by atoms with Crippen molar-refractivity contribution in [3.8, 4) is 17.2 Å². The lowest BCUT2D eigenvalue weighted by Gasteiger charge is -2.30. The average molecular weight is 760 g/mol. The molecular formula is C31H30IN5O8S. The highest BCUT2D eigenvalue weighted by Crippen LogP contribution is 2.35. The number of hydrogen-bond acceptors (Lipinski definition) is 10. The molecule has 0 spiro atoms. The van der Waals surface area contributed by atoms with Gasteiger partial charge in [-0.15, -0.1) is 0 Å². The van der Waals surface area contributed by atoms with E-state index in [1.54, 1.807) is 62.4 Å². The molecule has 0 aliphatic carbocycles. The summed E-state index contributed by atoms with van der Waals surface area (Å²) >= 11 is 7.44. The Morgan fingerprint density at radius 2 is 1.87 bits per heavy atom. The number of nitrogens with one attached hydrogen (secondary N) is 3. The van der Waals surface area contributed by atoms with Crippen LogP contribution in [-0.4, -0.2) is 48.5 Å². The number of carbonyl (C=O) groups excluding carboxylic acids is 2. The number of allylic oxidation sites excluding steroid dienone is 1. The van der Waals surface area contributed by atoms with Crippen LogP contribution >= 0.6 is 34.8 Å². The summed E-state index contributed by atoms with van der Waals surface area (Å²) in [7, 11) is 1.50. The minimum absolute atomic E-state index is 0.0213. The van der Waals surface area contributed by atoms with Gasteiger partial charge >= 0.3 is 5.97 Å². The van der Waals surface area contributed by atoms with E-state index < -0.39 is 22.8 Å². The van der Waals surface area contributed by atoms with Crippen LogP contribution in [0.3, 0.4) is 0 Å². The van der Waals surface area contributed by atoms with Gasteiger partial charge in [0.25, 0.3) is 11.6 Å². The van der Waals surface area contributed by atoms with E-state index in [1.165, 1.54) is 25.5 Å². The fraction of sp³-hybridized carbons (Fsp3) is 0.226. The summed E-state index contributed by atoms with van der Waals surface area (Å²) in [6.07, 6.45) is 1.42. The van der Waals surface area contributed by atoms with Gasteiger partial charge in [0, 0.05) is 32.5 Å². The molecule has 3 aromatic rings. The summed E-state index contributed by atoms with van der Waals surface area (Å²) in [5.74, 6) is 0.139. The number of methoxy groups -OCH3 is 1. The number of esters is 1. The minimum Gasteiger partial charge on any atom is -0.493 e. The summed E-state index contributed by atoms with van der Waals surface area (Å²) in [5.41, 5.74) is 5.15. The summed E-state index contributed by atoms with van der Waals surface area (Å²) in [4.78, 5) is 36.0. The van der Waals surface area contributed by atoms with Crippen LogP contribution in [0.4, 0.5) is 5.69 Å². The van der Waals surface area contributed by atoms with Crippen LogP contribution in [0, 0.1) is 13.7 Å². The normalized spacial score (nSPS) is 14.3. The number of para-hydroxylation sites is 1. The average Bonchev–Trinajstić information content (AvgIpc) is 3.03. The van der Waals surface area contributed by atoms with Gasteiger partial charge in [0.1, 0.15) is 12.4 Å². The molecule has 1 atom stereocenters. The number of rotatable bonds is 13. The second-order valence-corrected chi connectivity index (χ2v) is 11.3. The number of ether oxygens (including phenoxy) is 4. The maximum atomic E-state index is 12.8. The smallest absolute Gasteiger partial charge is 0.338 e. The van der Waals surface area contributed by atoms with Crippen molar-refractivity contribution in [3.63, 3.8) is 0 Å². The number of benzene rings is 3. The van der Waals surface area contributed by atoms with Crippen molar-refractivity contribution in [2.45, 2.75) is 26.5 Å².